The zero-order chi connectivity index (χ0) is 24.5. The first-order valence-corrected chi connectivity index (χ1v) is 10.9. The molecule has 0 aliphatic rings. The van der Waals surface area contributed by atoms with Crippen LogP contribution in [0.2, 0.25) is 5.02 Å². The van der Waals surface area contributed by atoms with Crippen LogP contribution in [0.25, 0.3) is 6.08 Å². The third-order valence-corrected chi connectivity index (χ3v) is 5.23. The molecular weight excluding hydrogens is 440 g/mol. The van der Waals surface area contributed by atoms with Crippen LogP contribution in [0.5, 0.6) is 0 Å². The summed E-state index contributed by atoms with van der Waals surface area (Å²) in [5.41, 5.74) is 3.03. The van der Waals surface area contributed by atoms with Crippen LogP contribution in [-0.2, 0) is 20.9 Å². The summed E-state index contributed by atoms with van der Waals surface area (Å²) in [5, 5.41) is 18.8. The number of amides is 1. The summed E-state index contributed by atoms with van der Waals surface area (Å²) in [6.07, 6.45) is 1.58. The topological polar surface area (TPSA) is 99.1 Å². The van der Waals surface area contributed by atoms with Crippen molar-refractivity contribution in [3.8, 4) is 12.1 Å². The van der Waals surface area contributed by atoms with Crippen LogP contribution in [-0.4, -0.2) is 29.6 Å². The van der Waals surface area contributed by atoms with Gasteiger partial charge in [0.05, 0.1) is 12.5 Å². The van der Waals surface area contributed by atoms with Crippen LogP contribution < -0.4 is 4.90 Å². The van der Waals surface area contributed by atoms with Gasteiger partial charge in [-0.3, -0.25) is 4.79 Å². The summed E-state index contributed by atoms with van der Waals surface area (Å²) >= 11 is 6.01. The molecule has 0 radical (unpaired) electrons. The Labute approximate surface area is 199 Å². The van der Waals surface area contributed by atoms with Gasteiger partial charge >= 0.3 is 5.97 Å². The van der Waals surface area contributed by atoms with Gasteiger partial charge in [-0.1, -0.05) is 31.5 Å². The SMILES string of the molecule is Cc1cc(C=C(C#N)C(=O)OCC(=O)N(CCC#N)c2cccc(Cl)c2)c(C)n1CC(C)C. The summed E-state index contributed by atoms with van der Waals surface area (Å²) < 4.78 is 7.28. The lowest BCUT2D eigenvalue weighted by molar-refractivity contribution is -0.143. The number of nitriles is 2. The highest BCUT2D eigenvalue weighted by Gasteiger charge is 2.20. The molecule has 0 fully saturated rings. The molecule has 172 valence electrons. The van der Waals surface area contributed by atoms with Gasteiger partial charge in [0.15, 0.2) is 6.61 Å². The number of benzene rings is 1. The summed E-state index contributed by atoms with van der Waals surface area (Å²) in [6.45, 7) is 8.52. The van der Waals surface area contributed by atoms with Crippen LogP contribution in [0, 0.1) is 42.4 Å². The second-order valence-electron chi connectivity index (χ2n) is 8.01. The summed E-state index contributed by atoms with van der Waals surface area (Å²) in [4.78, 5) is 26.6. The second-order valence-corrected chi connectivity index (χ2v) is 8.45. The molecule has 7 nitrogen and oxygen atoms in total. The molecule has 0 spiro atoms. The monoisotopic (exact) mass is 466 g/mol. The predicted molar refractivity (Wildman–Crippen MR) is 127 cm³/mol. The van der Waals surface area contributed by atoms with E-state index in [1.165, 1.54) is 11.0 Å². The third kappa shape index (κ3) is 6.97. The second kappa shape index (κ2) is 11.9. The molecule has 0 aliphatic heterocycles. The van der Waals surface area contributed by atoms with Crippen molar-refractivity contribution in [2.24, 2.45) is 5.92 Å². The minimum absolute atomic E-state index is 0.0988. The number of aromatic nitrogens is 1. The number of rotatable bonds is 9. The number of ether oxygens (including phenoxy) is 1. The van der Waals surface area contributed by atoms with Gasteiger partial charge in [0, 0.05) is 35.2 Å². The van der Waals surface area contributed by atoms with Crippen molar-refractivity contribution in [1.29, 1.82) is 10.5 Å². The van der Waals surface area contributed by atoms with Gasteiger partial charge in [-0.05, 0) is 55.7 Å². The zero-order valence-electron chi connectivity index (χ0n) is 19.3. The quantitative estimate of drug-likeness (QED) is 0.300. The van der Waals surface area contributed by atoms with Crippen LogP contribution in [0.4, 0.5) is 5.69 Å². The van der Waals surface area contributed by atoms with E-state index in [0.29, 0.717) is 16.6 Å². The highest BCUT2D eigenvalue weighted by Crippen LogP contribution is 2.21. The molecule has 33 heavy (non-hydrogen) atoms. The van der Waals surface area contributed by atoms with Crippen molar-refractivity contribution in [2.45, 2.75) is 40.7 Å². The van der Waals surface area contributed by atoms with Crippen molar-refractivity contribution in [3.63, 3.8) is 0 Å². The molecule has 0 atom stereocenters. The standard InChI is InChI=1S/C25H27ClN4O3/c1-17(2)15-30-18(3)11-20(19(30)4)12-21(14-28)25(32)33-16-24(31)29(10-6-9-27)23-8-5-7-22(26)13-23/h5,7-8,11-13,17H,6,10,15-16H2,1-4H3. The smallest absolute Gasteiger partial charge is 0.349 e. The molecule has 2 aromatic rings. The Balaban J connectivity index is 2.16. The average Bonchev–Trinajstić information content (AvgIpc) is 3.03. The van der Waals surface area contributed by atoms with Crippen molar-refractivity contribution >= 4 is 35.2 Å². The average molecular weight is 467 g/mol. The predicted octanol–water partition coefficient (Wildman–Crippen LogP) is 4.81. The van der Waals surface area contributed by atoms with Crippen molar-refractivity contribution in [1.82, 2.24) is 4.57 Å². The number of esters is 1. The summed E-state index contributed by atoms with van der Waals surface area (Å²) in [7, 11) is 0. The third-order valence-electron chi connectivity index (χ3n) is 5.00. The fourth-order valence-corrected chi connectivity index (χ4v) is 3.58. The molecule has 0 aliphatic carbocycles. The van der Waals surface area contributed by atoms with Crippen molar-refractivity contribution in [2.75, 3.05) is 18.1 Å². The molecule has 8 heteroatoms. The maximum absolute atomic E-state index is 12.7. The van der Waals surface area contributed by atoms with E-state index >= 15 is 0 Å². The van der Waals surface area contributed by atoms with E-state index < -0.39 is 18.5 Å². The van der Waals surface area contributed by atoms with Gasteiger partial charge in [0.1, 0.15) is 11.6 Å². The normalized spacial score (nSPS) is 11.1. The number of halogens is 1. The van der Waals surface area contributed by atoms with E-state index in [4.69, 9.17) is 21.6 Å². The first-order chi connectivity index (χ1) is 15.7. The number of anilines is 1. The molecule has 1 aromatic heterocycles. The van der Waals surface area contributed by atoms with Gasteiger partial charge in [0.2, 0.25) is 0 Å². The van der Waals surface area contributed by atoms with Crippen LogP contribution in [0.15, 0.2) is 35.9 Å². The first kappa shape index (κ1) is 25.7. The van der Waals surface area contributed by atoms with Crippen LogP contribution in [0.3, 0.4) is 0 Å². The Morgan fingerprint density at radius 1 is 1.24 bits per heavy atom. The maximum Gasteiger partial charge on any atom is 0.349 e. The van der Waals surface area contributed by atoms with E-state index in [9.17, 15) is 14.9 Å². The Morgan fingerprint density at radius 2 is 1.97 bits per heavy atom. The molecule has 2 rings (SSSR count). The van der Waals surface area contributed by atoms with Crippen LogP contribution >= 0.6 is 11.6 Å². The van der Waals surface area contributed by atoms with Gasteiger partial charge in [-0.25, -0.2) is 4.79 Å². The summed E-state index contributed by atoms with van der Waals surface area (Å²) in [5.74, 6) is -0.958. The lowest BCUT2D eigenvalue weighted by atomic mass is 10.1. The Kier molecular flexibility index (Phi) is 9.27. The maximum atomic E-state index is 12.7. The number of nitrogens with zero attached hydrogens (tertiary/aromatic N) is 4. The number of carbonyl (C=O) groups is 2. The lowest BCUT2D eigenvalue weighted by Gasteiger charge is -2.21. The van der Waals surface area contributed by atoms with E-state index in [0.717, 1.165) is 23.5 Å². The molecule has 0 saturated heterocycles. The molecule has 1 aromatic carbocycles. The molecule has 0 saturated carbocycles. The van der Waals surface area contributed by atoms with Gasteiger partial charge in [-0.2, -0.15) is 10.5 Å². The van der Waals surface area contributed by atoms with Crippen molar-refractivity contribution in [3.05, 3.63) is 57.9 Å². The number of carbonyl (C=O) groups excluding carboxylic acids is 2. The van der Waals surface area contributed by atoms with Crippen molar-refractivity contribution < 1.29 is 14.3 Å². The number of hydrogen-bond donors (Lipinski definition) is 0. The summed E-state index contributed by atoms with van der Waals surface area (Å²) in [6, 6.07) is 12.4. The number of aryl methyl sites for hydroxylation is 1. The van der Waals surface area contributed by atoms with E-state index in [2.05, 4.69) is 18.4 Å². The highest BCUT2D eigenvalue weighted by molar-refractivity contribution is 6.30. The van der Waals surface area contributed by atoms with E-state index in [-0.39, 0.29) is 18.5 Å². The van der Waals surface area contributed by atoms with Gasteiger partial charge in [0.25, 0.3) is 5.91 Å². The fraction of sp³-hybridized carbons (Fsp3) is 0.360. The minimum atomic E-state index is -0.883. The molecule has 1 amide bonds. The minimum Gasteiger partial charge on any atom is -0.451 e. The molecule has 0 bridgehead atoms. The number of hydrogen-bond acceptors (Lipinski definition) is 5. The molecule has 0 N–H and O–H groups in total. The van der Waals surface area contributed by atoms with E-state index in [1.54, 1.807) is 24.3 Å². The largest absolute Gasteiger partial charge is 0.451 e. The van der Waals surface area contributed by atoms with E-state index in [1.807, 2.05) is 32.1 Å². The molecular formula is C25H27ClN4O3. The Morgan fingerprint density at radius 3 is 2.58 bits per heavy atom. The molecule has 0 unspecified atom stereocenters. The van der Waals surface area contributed by atoms with Gasteiger partial charge < -0.3 is 14.2 Å². The lowest BCUT2D eigenvalue weighted by Crippen LogP contribution is -2.35. The molecule has 1 heterocycles. The first-order valence-electron chi connectivity index (χ1n) is 10.6. The fourth-order valence-electron chi connectivity index (χ4n) is 3.40. The highest BCUT2D eigenvalue weighted by atomic mass is 35.5. The zero-order valence-corrected chi connectivity index (χ0v) is 20.0. The Hall–Kier alpha value is -3.55. The Bertz CT molecular complexity index is 1140. The van der Waals surface area contributed by atoms with Crippen LogP contribution in [0.1, 0.15) is 37.2 Å². The van der Waals surface area contributed by atoms with Gasteiger partial charge in [-0.15, -0.1) is 0 Å².